The van der Waals surface area contributed by atoms with E-state index in [1.54, 1.807) is 6.07 Å². The first-order chi connectivity index (χ1) is 16.8. The lowest BCUT2D eigenvalue weighted by Crippen LogP contribution is -2.23. The van der Waals surface area contributed by atoms with Crippen molar-refractivity contribution in [1.29, 1.82) is 0 Å². The van der Waals surface area contributed by atoms with Gasteiger partial charge in [-0.2, -0.15) is 0 Å². The average Bonchev–Trinajstić information content (AvgIpc) is 2.86. The molecule has 0 saturated heterocycles. The smallest absolute Gasteiger partial charge is 0.251 e. The fraction of sp³-hybridized carbons (Fsp3) is 0.129. The summed E-state index contributed by atoms with van der Waals surface area (Å²) < 4.78 is 8.43. The molecule has 0 bridgehead atoms. The molecule has 0 amide bonds. The quantitative estimate of drug-likeness (QED) is 0.335. The van der Waals surface area contributed by atoms with Gasteiger partial charge in [-0.05, 0) is 40.3 Å². The lowest BCUT2D eigenvalue weighted by Gasteiger charge is -2.24. The minimum atomic E-state index is -0.00317. The maximum Gasteiger partial charge on any atom is 0.251 e. The fourth-order valence-electron chi connectivity index (χ4n) is 4.99. The van der Waals surface area contributed by atoms with E-state index >= 15 is 0 Å². The molecule has 0 atom stereocenters. The van der Waals surface area contributed by atoms with Crippen molar-refractivity contribution in [2.24, 2.45) is 0 Å². The zero-order valence-electron chi connectivity index (χ0n) is 18.9. The minimum Gasteiger partial charge on any atom is -0.486 e. The highest BCUT2D eigenvalue weighted by Gasteiger charge is 2.21. The van der Waals surface area contributed by atoms with E-state index in [-0.39, 0.29) is 5.56 Å². The van der Waals surface area contributed by atoms with Gasteiger partial charge in [0, 0.05) is 23.4 Å². The Bertz CT molecular complexity index is 1540. The molecule has 2 heterocycles. The van der Waals surface area contributed by atoms with Crippen LogP contribution in [-0.2, 0) is 26.0 Å². The maximum atomic E-state index is 13.2. The summed E-state index contributed by atoms with van der Waals surface area (Å²) >= 11 is 0. The van der Waals surface area contributed by atoms with Gasteiger partial charge in [-0.3, -0.25) is 4.79 Å². The second kappa shape index (κ2) is 8.68. The van der Waals surface area contributed by atoms with Crippen LogP contribution in [0.4, 0.5) is 0 Å². The van der Waals surface area contributed by atoms with E-state index in [1.165, 1.54) is 16.7 Å². The third-order valence-corrected chi connectivity index (χ3v) is 6.68. The number of aromatic nitrogens is 1. The van der Waals surface area contributed by atoms with Crippen LogP contribution in [0.3, 0.4) is 0 Å². The summed E-state index contributed by atoms with van der Waals surface area (Å²) in [7, 11) is 0. The van der Waals surface area contributed by atoms with Crippen LogP contribution in [0.1, 0.15) is 33.4 Å². The third kappa shape index (κ3) is 3.80. The molecule has 0 N–H and O–H groups in total. The number of rotatable bonds is 4. The normalized spacial score (nSPS) is 12.5. The van der Waals surface area contributed by atoms with Crippen molar-refractivity contribution in [3.05, 3.63) is 147 Å². The second-order valence-corrected chi connectivity index (χ2v) is 8.93. The molecule has 0 unspecified atom stereocenters. The topological polar surface area (TPSA) is 31.2 Å². The van der Waals surface area contributed by atoms with Crippen molar-refractivity contribution in [2.75, 3.05) is 0 Å². The molecule has 3 heteroatoms. The van der Waals surface area contributed by atoms with Gasteiger partial charge >= 0.3 is 0 Å². The van der Waals surface area contributed by atoms with Crippen LogP contribution in [0.5, 0.6) is 5.75 Å². The van der Waals surface area contributed by atoms with Crippen molar-refractivity contribution in [2.45, 2.75) is 26.0 Å². The molecule has 0 spiro atoms. The summed E-state index contributed by atoms with van der Waals surface area (Å²) in [5.74, 6) is 0.822. The van der Waals surface area contributed by atoms with Crippen LogP contribution < -0.4 is 10.3 Å². The third-order valence-electron chi connectivity index (χ3n) is 6.68. The van der Waals surface area contributed by atoms with Crippen LogP contribution in [0, 0.1) is 0 Å². The van der Waals surface area contributed by atoms with Gasteiger partial charge in [-0.1, -0.05) is 91.0 Å². The Labute approximate surface area is 198 Å². The molecule has 166 valence electrons. The van der Waals surface area contributed by atoms with E-state index < -0.39 is 0 Å². The van der Waals surface area contributed by atoms with Crippen molar-refractivity contribution < 1.29 is 4.74 Å². The molecule has 1 aliphatic heterocycles. The summed E-state index contributed by atoms with van der Waals surface area (Å²) in [6.07, 6.45) is 1.55. The predicted octanol–water partition coefficient (Wildman–Crippen LogP) is 6.12. The van der Waals surface area contributed by atoms with Gasteiger partial charge in [0.2, 0.25) is 0 Å². The van der Waals surface area contributed by atoms with Crippen LogP contribution in [-0.4, -0.2) is 4.57 Å². The average molecular weight is 444 g/mol. The highest BCUT2D eigenvalue weighted by Crippen LogP contribution is 2.37. The molecule has 5 aromatic rings. The molecule has 3 nitrogen and oxygen atoms in total. The number of hydrogen-bond acceptors (Lipinski definition) is 2. The van der Waals surface area contributed by atoms with E-state index in [9.17, 15) is 4.79 Å². The number of fused-ring (bicyclic) bond motifs is 1. The molecule has 6 rings (SSSR count). The van der Waals surface area contributed by atoms with Gasteiger partial charge in [0.1, 0.15) is 12.4 Å². The largest absolute Gasteiger partial charge is 0.486 e. The van der Waals surface area contributed by atoms with Crippen LogP contribution in [0.15, 0.2) is 108 Å². The van der Waals surface area contributed by atoms with Gasteiger partial charge in [0.25, 0.3) is 5.56 Å². The summed E-state index contributed by atoms with van der Waals surface area (Å²) in [5.41, 5.74) is 7.94. The Morgan fingerprint density at radius 2 is 1.29 bits per heavy atom. The Kier molecular flexibility index (Phi) is 5.23. The number of nitrogens with zero attached hydrogens (tertiary/aromatic N) is 1. The Hall–Kier alpha value is -4.11. The first kappa shape index (κ1) is 20.5. The molecule has 0 fully saturated rings. The number of pyridine rings is 1. The summed E-state index contributed by atoms with van der Waals surface area (Å²) in [5, 5.41) is 1.08. The highest BCUT2D eigenvalue weighted by molar-refractivity contribution is 5.90. The van der Waals surface area contributed by atoms with Crippen molar-refractivity contribution in [3.63, 3.8) is 0 Å². The van der Waals surface area contributed by atoms with E-state index in [0.717, 1.165) is 46.2 Å². The zero-order chi connectivity index (χ0) is 22.9. The molecule has 4 aromatic carbocycles. The van der Waals surface area contributed by atoms with Crippen LogP contribution in [0.2, 0.25) is 0 Å². The Balaban J connectivity index is 1.61. The van der Waals surface area contributed by atoms with E-state index in [0.29, 0.717) is 13.2 Å². The molecule has 1 aromatic heterocycles. The van der Waals surface area contributed by atoms with Crippen molar-refractivity contribution in [1.82, 2.24) is 4.57 Å². The fourth-order valence-corrected chi connectivity index (χ4v) is 4.99. The van der Waals surface area contributed by atoms with Crippen LogP contribution >= 0.6 is 0 Å². The molecule has 0 radical (unpaired) electrons. The molecule has 34 heavy (non-hydrogen) atoms. The van der Waals surface area contributed by atoms with E-state index in [2.05, 4.69) is 66.7 Å². The first-order valence-electron chi connectivity index (χ1n) is 11.7. The van der Waals surface area contributed by atoms with Crippen LogP contribution in [0.25, 0.3) is 10.9 Å². The number of hydrogen-bond donors (Lipinski definition) is 0. The van der Waals surface area contributed by atoms with Gasteiger partial charge in [0.15, 0.2) is 0 Å². The number of benzene rings is 4. The van der Waals surface area contributed by atoms with Gasteiger partial charge < -0.3 is 9.30 Å². The molecule has 1 aliphatic rings. The maximum absolute atomic E-state index is 13.2. The second-order valence-electron chi connectivity index (χ2n) is 8.93. The lowest BCUT2D eigenvalue weighted by atomic mass is 9.93. The summed E-state index contributed by atoms with van der Waals surface area (Å²) in [6.45, 7) is 1.04. The zero-order valence-corrected chi connectivity index (χ0v) is 18.9. The van der Waals surface area contributed by atoms with Gasteiger partial charge in [-0.25, -0.2) is 0 Å². The SMILES string of the molecule is O=c1ccc2c(Cc3ccccc3)cc(Cc3ccccc3)c3c2n1Cc1ccccc1CO3. The highest BCUT2D eigenvalue weighted by atomic mass is 16.5. The predicted molar refractivity (Wildman–Crippen MR) is 137 cm³/mol. The van der Waals surface area contributed by atoms with E-state index in [4.69, 9.17) is 4.74 Å². The first-order valence-corrected chi connectivity index (χ1v) is 11.7. The summed E-state index contributed by atoms with van der Waals surface area (Å²) in [4.78, 5) is 13.2. The molecular formula is C31H25NO2. The van der Waals surface area contributed by atoms with Crippen molar-refractivity contribution in [3.8, 4) is 5.75 Å². The van der Waals surface area contributed by atoms with Gasteiger partial charge in [0.05, 0.1) is 12.1 Å². The summed E-state index contributed by atoms with van der Waals surface area (Å²) in [6, 6.07) is 35.1. The van der Waals surface area contributed by atoms with Crippen molar-refractivity contribution >= 4 is 10.9 Å². The minimum absolute atomic E-state index is 0.00317. The standard InChI is InChI=1S/C31H25NO2/c33-29-16-15-28-26(17-22-9-3-1-4-10-22)19-27(18-23-11-5-2-6-12-23)31-30(28)32(29)20-24-13-7-8-14-25(24)21-34-31/h1-16,19H,17-18,20-21H2. The van der Waals surface area contributed by atoms with E-state index in [1.807, 2.05) is 34.9 Å². The Morgan fingerprint density at radius 3 is 2.00 bits per heavy atom. The Morgan fingerprint density at radius 1 is 0.676 bits per heavy atom. The molecular weight excluding hydrogens is 418 g/mol. The molecule has 0 saturated carbocycles. The lowest BCUT2D eigenvalue weighted by molar-refractivity contribution is 0.301. The van der Waals surface area contributed by atoms with Gasteiger partial charge in [-0.15, -0.1) is 0 Å². The number of ether oxygens (including phenoxy) is 1. The molecule has 0 aliphatic carbocycles. The monoisotopic (exact) mass is 443 g/mol.